The summed E-state index contributed by atoms with van der Waals surface area (Å²) in [5.74, 6) is -0.00201. The number of anilines is 3. The topological polar surface area (TPSA) is 59.1 Å². The third-order valence-corrected chi connectivity index (χ3v) is 4.87. The van der Waals surface area contributed by atoms with Crippen LogP contribution in [-0.4, -0.2) is 22.4 Å². The van der Waals surface area contributed by atoms with Gasteiger partial charge in [-0.15, -0.1) is 13.2 Å². The zero-order valence-electron chi connectivity index (χ0n) is 16.4. The van der Waals surface area contributed by atoms with Gasteiger partial charge in [-0.1, -0.05) is 31.0 Å². The molecule has 3 aromatic rings. The Balaban J connectivity index is 1.68. The van der Waals surface area contributed by atoms with Crippen molar-refractivity contribution in [1.29, 1.82) is 0 Å². The highest BCUT2D eigenvalue weighted by molar-refractivity contribution is 5.68. The maximum absolute atomic E-state index is 13.6. The molecule has 0 atom stereocenters. The lowest BCUT2D eigenvalue weighted by atomic mass is 10.1. The first-order valence-electron chi connectivity index (χ1n) is 9.88. The van der Waals surface area contributed by atoms with Crippen molar-refractivity contribution in [3.05, 3.63) is 60.4 Å². The van der Waals surface area contributed by atoms with E-state index in [4.69, 9.17) is 0 Å². The second-order valence-electron chi connectivity index (χ2n) is 7.30. The lowest BCUT2D eigenvalue weighted by Crippen LogP contribution is -2.17. The van der Waals surface area contributed by atoms with E-state index in [9.17, 15) is 17.6 Å². The first-order valence-corrected chi connectivity index (χ1v) is 9.88. The number of alkyl halides is 3. The molecule has 31 heavy (non-hydrogen) atoms. The molecule has 0 radical (unpaired) electrons. The van der Waals surface area contributed by atoms with Gasteiger partial charge in [-0.05, 0) is 43.2 Å². The average Bonchev–Trinajstić information content (AvgIpc) is 3.20. The van der Waals surface area contributed by atoms with E-state index >= 15 is 0 Å². The Hall–Kier alpha value is -3.36. The van der Waals surface area contributed by atoms with Crippen molar-refractivity contribution < 1.29 is 22.3 Å². The minimum atomic E-state index is -4.79. The molecule has 1 aromatic heterocycles. The van der Waals surface area contributed by atoms with Crippen LogP contribution in [0.4, 0.5) is 35.0 Å². The fourth-order valence-electron chi connectivity index (χ4n) is 3.54. The van der Waals surface area contributed by atoms with Crippen LogP contribution >= 0.6 is 0 Å². The molecule has 1 aliphatic rings. The molecule has 9 heteroatoms. The van der Waals surface area contributed by atoms with Crippen molar-refractivity contribution in [3.8, 4) is 17.0 Å². The molecule has 0 amide bonds. The third kappa shape index (κ3) is 5.84. The van der Waals surface area contributed by atoms with Gasteiger partial charge < -0.3 is 15.4 Å². The van der Waals surface area contributed by atoms with Crippen LogP contribution in [0.1, 0.15) is 25.7 Å². The van der Waals surface area contributed by atoms with E-state index in [1.54, 1.807) is 24.3 Å². The molecule has 2 aromatic carbocycles. The van der Waals surface area contributed by atoms with Gasteiger partial charge in [-0.25, -0.2) is 9.37 Å². The summed E-state index contributed by atoms with van der Waals surface area (Å²) in [6.07, 6.45) is -0.570. The molecule has 162 valence electrons. The summed E-state index contributed by atoms with van der Waals surface area (Å²) in [6, 6.07) is 13.3. The molecule has 2 N–H and O–H groups in total. The van der Waals surface area contributed by atoms with Crippen LogP contribution in [0.3, 0.4) is 0 Å². The fourth-order valence-corrected chi connectivity index (χ4v) is 3.54. The van der Waals surface area contributed by atoms with Gasteiger partial charge in [0.1, 0.15) is 17.4 Å². The van der Waals surface area contributed by atoms with E-state index in [1.165, 1.54) is 30.3 Å². The van der Waals surface area contributed by atoms with Crippen molar-refractivity contribution in [2.45, 2.75) is 38.1 Å². The van der Waals surface area contributed by atoms with E-state index in [0.717, 1.165) is 25.7 Å². The van der Waals surface area contributed by atoms with Gasteiger partial charge in [0.2, 0.25) is 5.95 Å². The number of halogens is 4. The molecule has 5 nitrogen and oxygen atoms in total. The first kappa shape index (κ1) is 20.9. The van der Waals surface area contributed by atoms with Gasteiger partial charge in [0, 0.05) is 23.4 Å². The Morgan fingerprint density at radius 1 is 0.935 bits per heavy atom. The van der Waals surface area contributed by atoms with E-state index < -0.39 is 12.2 Å². The number of hydrogen-bond acceptors (Lipinski definition) is 5. The number of benzene rings is 2. The monoisotopic (exact) mass is 432 g/mol. The first-order chi connectivity index (χ1) is 14.8. The second kappa shape index (κ2) is 8.79. The maximum atomic E-state index is 13.6. The predicted molar refractivity (Wildman–Crippen MR) is 110 cm³/mol. The maximum Gasteiger partial charge on any atom is 0.573 e. The summed E-state index contributed by atoms with van der Waals surface area (Å²) >= 11 is 0. The number of aromatic nitrogens is 2. The second-order valence-corrected chi connectivity index (χ2v) is 7.30. The smallest absolute Gasteiger partial charge is 0.406 e. The Morgan fingerprint density at radius 2 is 1.71 bits per heavy atom. The summed E-state index contributed by atoms with van der Waals surface area (Å²) in [6.45, 7) is 0. The molecule has 4 rings (SSSR count). The van der Waals surface area contributed by atoms with E-state index in [1.807, 2.05) is 0 Å². The van der Waals surface area contributed by atoms with Crippen LogP contribution in [0.25, 0.3) is 11.3 Å². The summed E-state index contributed by atoms with van der Waals surface area (Å²) in [5, 5.41) is 6.32. The number of nitrogens with one attached hydrogen (secondary N) is 2. The van der Waals surface area contributed by atoms with Crippen molar-refractivity contribution >= 4 is 17.5 Å². The number of hydrogen-bond donors (Lipinski definition) is 2. The van der Waals surface area contributed by atoms with Crippen LogP contribution in [0.5, 0.6) is 5.75 Å². The fraction of sp³-hybridized carbons (Fsp3) is 0.273. The van der Waals surface area contributed by atoms with Crippen LogP contribution in [0.15, 0.2) is 54.6 Å². The molecular formula is C22H20F4N4O. The Labute approximate surface area is 176 Å². The van der Waals surface area contributed by atoms with E-state index in [0.29, 0.717) is 28.7 Å². The van der Waals surface area contributed by atoms with Gasteiger partial charge in [-0.3, -0.25) is 0 Å². The standard InChI is InChI=1S/C22H20F4N4O/c23-15-6-4-9-17(12-15)27-20-13-19(29-21(30-20)28-16-7-1-2-8-16)14-5-3-10-18(11-14)31-22(24,25)26/h3-6,9-13,16H,1-2,7-8H2,(H2,27,28,29,30). The molecule has 0 saturated heterocycles. The highest BCUT2D eigenvalue weighted by Crippen LogP contribution is 2.30. The minimum Gasteiger partial charge on any atom is -0.406 e. The lowest BCUT2D eigenvalue weighted by molar-refractivity contribution is -0.274. The summed E-state index contributed by atoms with van der Waals surface area (Å²) in [4.78, 5) is 8.95. The highest BCUT2D eigenvalue weighted by atomic mass is 19.4. The van der Waals surface area contributed by atoms with Gasteiger partial charge in [-0.2, -0.15) is 4.98 Å². The van der Waals surface area contributed by atoms with E-state index in [2.05, 4.69) is 25.3 Å². The Bertz CT molecular complexity index is 1050. The largest absolute Gasteiger partial charge is 0.573 e. The molecule has 0 bridgehead atoms. The zero-order chi connectivity index (χ0) is 21.8. The van der Waals surface area contributed by atoms with Gasteiger partial charge in [0.05, 0.1) is 5.69 Å². The van der Waals surface area contributed by atoms with Crippen molar-refractivity contribution in [2.24, 2.45) is 0 Å². The normalized spacial score (nSPS) is 14.5. The molecule has 0 unspecified atom stereocenters. The minimum absolute atomic E-state index is 0.233. The molecule has 0 spiro atoms. The molecule has 1 saturated carbocycles. The van der Waals surface area contributed by atoms with Crippen molar-refractivity contribution in [1.82, 2.24) is 9.97 Å². The van der Waals surface area contributed by atoms with Crippen LogP contribution < -0.4 is 15.4 Å². The van der Waals surface area contributed by atoms with Crippen LogP contribution in [-0.2, 0) is 0 Å². The predicted octanol–water partition coefficient (Wildman–Crippen LogP) is 6.28. The molecule has 0 aliphatic heterocycles. The molecule has 1 heterocycles. The van der Waals surface area contributed by atoms with Crippen LogP contribution in [0, 0.1) is 5.82 Å². The van der Waals surface area contributed by atoms with Crippen LogP contribution in [0.2, 0.25) is 0 Å². The van der Waals surface area contributed by atoms with Gasteiger partial charge >= 0.3 is 6.36 Å². The summed E-state index contributed by atoms with van der Waals surface area (Å²) in [7, 11) is 0. The Morgan fingerprint density at radius 3 is 2.45 bits per heavy atom. The molecule has 1 aliphatic carbocycles. The Kier molecular flexibility index (Phi) is 5.92. The van der Waals surface area contributed by atoms with Crippen molar-refractivity contribution in [3.63, 3.8) is 0 Å². The average molecular weight is 432 g/mol. The zero-order valence-corrected chi connectivity index (χ0v) is 16.4. The number of nitrogens with zero attached hydrogens (tertiary/aromatic N) is 2. The summed E-state index contributed by atoms with van der Waals surface area (Å²) < 4.78 is 55.4. The van der Waals surface area contributed by atoms with Gasteiger partial charge in [0.25, 0.3) is 0 Å². The molecule has 1 fully saturated rings. The van der Waals surface area contributed by atoms with E-state index in [-0.39, 0.29) is 11.8 Å². The van der Waals surface area contributed by atoms with Gasteiger partial charge in [0.15, 0.2) is 0 Å². The SMILES string of the molecule is Fc1cccc(Nc2cc(-c3cccc(OC(F)(F)F)c3)nc(NC3CCCC3)n2)c1. The molecular weight excluding hydrogens is 412 g/mol. The number of ether oxygens (including phenoxy) is 1. The van der Waals surface area contributed by atoms with Crippen molar-refractivity contribution in [2.75, 3.05) is 10.6 Å². The number of rotatable bonds is 6. The third-order valence-electron chi connectivity index (χ3n) is 4.87. The highest BCUT2D eigenvalue weighted by Gasteiger charge is 2.31. The quantitative estimate of drug-likeness (QED) is 0.449. The lowest BCUT2D eigenvalue weighted by Gasteiger charge is -2.15. The summed E-state index contributed by atoms with van der Waals surface area (Å²) in [5.41, 5.74) is 1.33.